The highest BCUT2D eigenvalue weighted by Gasteiger charge is 2.22. The second-order valence-electron chi connectivity index (χ2n) is 5.58. The molecular weight excluding hydrogens is 240 g/mol. The smallest absolute Gasteiger partial charge is 0.414 e. The standard InChI is InChI=1S/C15H24N2O2/c1-5-6-11-17(14(18)19-15(2,3)4)13-9-7-12(16)8-10-13/h7-10H,5-6,11,16H2,1-4H3. The minimum absolute atomic E-state index is 0.314. The first-order valence-electron chi connectivity index (χ1n) is 6.69. The highest BCUT2D eigenvalue weighted by Crippen LogP contribution is 2.20. The third-order valence-electron chi connectivity index (χ3n) is 2.55. The van der Waals surface area contributed by atoms with E-state index in [-0.39, 0.29) is 6.09 Å². The third kappa shape index (κ3) is 5.20. The van der Waals surface area contributed by atoms with Gasteiger partial charge >= 0.3 is 6.09 Å². The van der Waals surface area contributed by atoms with Gasteiger partial charge in [0.05, 0.1) is 0 Å². The van der Waals surface area contributed by atoms with Gasteiger partial charge in [-0.05, 0) is 51.5 Å². The molecule has 19 heavy (non-hydrogen) atoms. The molecule has 4 nitrogen and oxygen atoms in total. The Bertz CT molecular complexity index is 407. The summed E-state index contributed by atoms with van der Waals surface area (Å²) in [6.45, 7) is 8.34. The molecule has 0 bridgehead atoms. The lowest BCUT2D eigenvalue weighted by atomic mass is 10.2. The number of hydrogen-bond acceptors (Lipinski definition) is 3. The van der Waals surface area contributed by atoms with Crippen LogP contribution in [0.3, 0.4) is 0 Å². The number of benzene rings is 1. The average molecular weight is 264 g/mol. The summed E-state index contributed by atoms with van der Waals surface area (Å²) in [4.78, 5) is 13.9. The van der Waals surface area contributed by atoms with Crippen LogP contribution < -0.4 is 10.6 Å². The molecule has 0 heterocycles. The Kier molecular flexibility index (Phi) is 5.21. The molecule has 0 radical (unpaired) electrons. The van der Waals surface area contributed by atoms with Crippen molar-refractivity contribution in [3.8, 4) is 0 Å². The fourth-order valence-electron chi connectivity index (χ4n) is 1.61. The van der Waals surface area contributed by atoms with E-state index in [0.717, 1.165) is 18.5 Å². The van der Waals surface area contributed by atoms with Gasteiger partial charge in [0, 0.05) is 17.9 Å². The summed E-state index contributed by atoms with van der Waals surface area (Å²) in [5.74, 6) is 0. The van der Waals surface area contributed by atoms with E-state index in [1.807, 2.05) is 32.9 Å². The van der Waals surface area contributed by atoms with E-state index >= 15 is 0 Å². The van der Waals surface area contributed by atoms with Gasteiger partial charge in [-0.25, -0.2) is 4.79 Å². The summed E-state index contributed by atoms with van der Waals surface area (Å²) in [7, 11) is 0. The number of carbonyl (C=O) groups excluding carboxylic acids is 1. The van der Waals surface area contributed by atoms with E-state index < -0.39 is 5.60 Å². The van der Waals surface area contributed by atoms with Gasteiger partial charge in [0.25, 0.3) is 0 Å². The summed E-state index contributed by atoms with van der Waals surface area (Å²) in [5, 5.41) is 0. The van der Waals surface area contributed by atoms with E-state index in [1.165, 1.54) is 0 Å². The Balaban J connectivity index is 2.87. The van der Waals surface area contributed by atoms with Crippen molar-refractivity contribution >= 4 is 17.5 Å². The fourth-order valence-corrected chi connectivity index (χ4v) is 1.61. The number of nitrogens with zero attached hydrogens (tertiary/aromatic N) is 1. The molecule has 1 amide bonds. The van der Waals surface area contributed by atoms with Crippen molar-refractivity contribution in [2.45, 2.75) is 46.1 Å². The van der Waals surface area contributed by atoms with Crippen molar-refractivity contribution < 1.29 is 9.53 Å². The lowest BCUT2D eigenvalue weighted by molar-refractivity contribution is 0.0580. The molecule has 106 valence electrons. The van der Waals surface area contributed by atoms with E-state index in [9.17, 15) is 4.79 Å². The normalized spacial score (nSPS) is 11.2. The first-order valence-corrected chi connectivity index (χ1v) is 6.69. The number of amides is 1. The predicted molar refractivity (Wildman–Crippen MR) is 79.3 cm³/mol. The number of carbonyl (C=O) groups is 1. The summed E-state index contributed by atoms with van der Waals surface area (Å²) in [5.41, 5.74) is 6.68. The van der Waals surface area contributed by atoms with Gasteiger partial charge in [-0.15, -0.1) is 0 Å². The molecule has 0 aliphatic carbocycles. The van der Waals surface area contributed by atoms with Crippen LogP contribution in [0.15, 0.2) is 24.3 Å². The predicted octanol–water partition coefficient (Wildman–Crippen LogP) is 3.81. The lowest BCUT2D eigenvalue weighted by Crippen LogP contribution is -2.37. The Morgan fingerprint density at radius 1 is 1.26 bits per heavy atom. The zero-order valence-electron chi connectivity index (χ0n) is 12.3. The Labute approximate surface area is 115 Å². The van der Waals surface area contributed by atoms with Gasteiger partial charge in [0.1, 0.15) is 5.60 Å². The molecule has 0 fully saturated rings. The summed E-state index contributed by atoms with van der Waals surface area (Å²) < 4.78 is 5.44. The maximum atomic E-state index is 12.2. The molecule has 0 aliphatic rings. The molecule has 2 N–H and O–H groups in total. The highest BCUT2D eigenvalue weighted by atomic mass is 16.6. The number of unbranched alkanes of at least 4 members (excludes halogenated alkanes) is 1. The second kappa shape index (κ2) is 6.45. The lowest BCUT2D eigenvalue weighted by Gasteiger charge is -2.27. The number of nitrogens with two attached hydrogens (primary N) is 1. The first-order chi connectivity index (χ1) is 8.83. The topological polar surface area (TPSA) is 55.6 Å². The summed E-state index contributed by atoms with van der Waals surface area (Å²) >= 11 is 0. The summed E-state index contributed by atoms with van der Waals surface area (Å²) in [6.07, 6.45) is 1.64. The minimum Gasteiger partial charge on any atom is -0.443 e. The van der Waals surface area contributed by atoms with E-state index in [1.54, 1.807) is 17.0 Å². The van der Waals surface area contributed by atoms with E-state index in [0.29, 0.717) is 12.2 Å². The van der Waals surface area contributed by atoms with Crippen LogP contribution in [0.5, 0.6) is 0 Å². The molecule has 0 saturated heterocycles. The largest absolute Gasteiger partial charge is 0.443 e. The Hall–Kier alpha value is -1.71. The number of nitrogen functional groups attached to an aromatic ring is 1. The van der Waals surface area contributed by atoms with Gasteiger partial charge in [-0.1, -0.05) is 13.3 Å². The molecule has 0 spiro atoms. The molecule has 0 unspecified atom stereocenters. The third-order valence-corrected chi connectivity index (χ3v) is 2.55. The van der Waals surface area contributed by atoms with Crippen molar-refractivity contribution in [3.63, 3.8) is 0 Å². The molecule has 1 aromatic carbocycles. The van der Waals surface area contributed by atoms with E-state index in [4.69, 9.17) is 10.5 Å². The van der Waals surface area contributed by atoms with Crippen molar-refractivity contribution in [3.05, 3.63) is 24.3 Å². The number of anilines is 2. The van der Waals surface area contributed by atoms with Gasteiger partial charge in [-0.3, -0.25) is 4.90 Å². The van der Waals surface area contributed by atoms with Crippen LogP contribution >= 0.6 is 0 Å². The molecule has 0 atom stereocenters. The van der Waals surface area contributed by atoms with Crippen molar-refractivity contribution in [2.75, 3.05) is 17.2 Å². The Morgan fingerprint density at radius 3 is 2.32 bits per heavy atom. The van der Waals surface area contributed by atoms with Crippen LogP contribution in [0.2, 0.25) is 0 Å². The van der Waals surface area contributed by atoms with Crippen molar-refractivity contribution in [2.24, 2.45) is 0 Å². The van der Waals surface area contributed by atoms with Crippen LogP contribution in [-0.4, -0.2) is 18.2 Å². The number of ether oxygens (including phenoxy) is 1. The van der Waals surface area contributed by atoms with Gasteiger partial charge in [0.15, 0.2) is 0 Å². The van der Waals surface area contributed by atoms with Gasteiger partial charge in [0.2, 0.25) is 0 Å². The quantitative estimate of drug-likeness (QED) is 0.841. The number of rotatable bonds is 4. The van der Waals surface area contributed by atoms with Crippen LogP contribution in [0, 0.1) is 0 Å². The zero-order valence-corrected chi connectivity index (χ0v) is 12.3. The molecule has 4 heteroatoms. The fraction of sp³-hybridized carbons (Fsp3) is 0.533. The van der Waals surface area contributed by atoms with Crippen LogP contribution in [0.25, 0.3) is 0 Å². The second-order valence-corrected chi connectivity index (χ2v) is 5.58. The van der Waals surface area contributed by atoms with Crippen LogP contribution in [-0.2, 0) is 4.74 Å². The molecule has 0 aliphatic heterocycles. The monoisotopic (exact) mass is 264 g/mol. The van der Waals surface area contributed by atoms with Crippen molar-refractivity contribution in [1.82, 2.24) is 0 Å². The first kappa shape index (κ1) is 15.3. The van der Waals surface area contributed by atoms with Gasteiger partial charge < -0.3 is 10.5 Å². The maximum absolute atomic E-state index is 12.2. The SMILES string of the molecule is CCCCN(C(=O)OC(C)(C)C)c1ccc(N)cc1. The van der Waals surface area contributed by atoms with Crippen molar-refractivity contribution in [1.29, 1.82) is 0 Å². The molecule has 0 saturated carbocycles. The van der Waals surface area contributed by atoms with Gasteiger partial charge in [-0.2, -0.15) is 0 Å². The summed E-state index contributed by atoms with van der Waals surface area (Å²) in [6, 6.07) is 7.27. The minimum atomic E-state index is -0.491. The average Bonchev–Trinajstić information content (AvgIpc) is 2.29. The highest BCUT2D eigenvalue weighted by molar-refractivity contribution is 5.88. The number of hydrogen-bond donors (Lipinski definition) is 1. The molecule has 1 rings (SSSR count). The zero-order chi connectivity index (χ0) is 14.5. The maximum Gasteiger partial charge on any atom is 0.414 e. The van der Waals surface area contributed by atoms with Crippen LogP contribution in [0.1, 0.15) is 40.5 Å². The van der Waals surface area contributed by atoms with E-state index in [2.05, 4.69) is 6.92 Å². The molecule has 1 aromatic rings. The van der Waals surface area contributed by atoms with Crippen LogP contribution in [0.4, 0.5) is 16.2 Å². The molecule has 0 aromatic heterocycles. The Morgan fingerprint density at radius 2 is 1.84 bits per heavy atom. The molecular formula is C15H24N2O2.